The van der Waals surface area contributed by atoms with Crippen molar-refractivity contribution >= 4 is 11.9 Å². The zero-order valence-corrected chi connectivity index (χ0v) is 13.4. The van der Waals surface area contributed by atoms with E-state index in [9.17, 15) is 9.59 Å². The monoisotopic (exact) mass is 299 g/mol. The summed E-state index contributed by atoms with van der Waals surface area (Å²) in [5, 5.41) is 11.4. The molecule has 0 heterocycles. The van der Waals surface area contributed by atoms with Crippen LogP contribution in [0, 0.1) is 0 Å². The lowest BCUT2D eigenvalue weighted by Gasteiger charge is -2.33. The van der Waals surface area contributed by atoms with Crippen molar-refractivity contribution in [1.82, 2.24) is 5.32 Å². The van der Waals surface area contributed by atoms with Crippen molar-refractivity contribution < 1.29 is 23.9 Å². The molecule has 0 aliphatic carbocycles. The van der Waals surface area contributed by atoms with Crippen LogP contribution in [0.25, 0.3) is 0 Å². The van der Waals surface area contributed by atoms with E-state index in [1.165, 1.54) is 12.2 Å². The van der Waals surface area contributed by atoms with Gasteiger partial charge in [-0.05, 0) is 6.42 Å². The van der Waals surface area contributed by atoms with Gasteiger partial charge in [0.15, 0.2) is 6.17 Å². The molecule has 1 amide bonds. The molecule has 120 valence electrons. The quantitative estimate of drug-likeness (QED) is 0.283. The normalized spacial score (nSPS) is 13.0. The Balaban J connectivity index is 4.31. The van der Waals surface area contributed by atoms with Crippen LogP contribution in [0.2, 0.25) is 0 Å². The van der Waals surface area contributed by atoms with Crippen LogP contribution >= 0.6 is 0 Å². The molecule has 1 atom stereocenters. The zero-order chi connectivity index (χ0) is 16.5. The highest BCUT2D eigenvalue weighted by atomic mass is 16.5. The average molecular weight is 299 g/mol. The largest absolute Gasteiger partial charge is 0.460 e. The van der Waals surface area contributed by atoms with E-state index in [2.05, 4.69) is 16.6 Å². The number of quaternary nitrogens is 1. The number of hydrogen-bond acceptors (Lipinski definition) is 4. The van der Waals surface area contributed by atoms with Gasteiger partial charge in [0.1, 0.15) is 6.61 Å². The number of carbonyl (C=O) groups excluding carboxylic acids is 2. The van der Waals surface area contributed by atoms with Crippen LogP contribution in [0.1, 0.15) is 19.8 Å². The van der Waals surface area contributed by atoms with Gasteiger partial charge in [-0.3, -0.25) is 4.79 Å². The second-order valence-electron chi connectivity index (χ2n) is 5.61. The van der Waals surface area contributed by atoms with E-state index in [0.717, 1.165) is 6.42 Å². The van der Waals surface area contributed by atoms with Crippen molar-refractivity contribution in [1.29, 1.82) is 0 Å². The van der Waals surface area contributed by atoms with E-state index in [0.29, 0.717) is 10.1 Å². The summed E-state index contributed by atoms with van der Waals surface area (Å²) in [7, 11) is 6.02. The third-order valence-corrected chi connectivity index (χ3v) is 2.89. The fourth-order valence-electron chi connectivity index (χ4n) is 1.68. The van der Waals surface area contributed by atoms with E-state index in [4.69, 9.17) is 5.11 Å². The first-order chi connectivity index (χ1) is 9.72. The van der Waals surface area contributed by atoms with E-state index >= 15 is 0 Å². The number of rotatable bonds is 9. The first-order valence-corrected chi connectivity index (χ1v) is 6.96. The summed E-state index contributed by atoms with van der Waals surface area (Å²) >= 11 is 0. The lowest BCUT2D eigenvalue weighted by atomic mass is 10.2. The van der Waals surface area contributed by atoms with Crippen molar-refractivity contribution in [3.05, 3.63) is 24.3 Å². The molecule has 6 heteroatoms. The molecule has 0 fully saturated rings. The predicted octanol–water partition coefficient (Wildman–Crippen LogP) is 0.583. The van der Waals surface area contributed by atoms with Crippen LogP contribution in [0.5, 0.6) is 0 Å². The molecule has 0 aromatic carbocycles. The van der Waals surface area contributed by atoms with Crippen LogP contribution in [0.15, 0.2) is 24.3 Å². The third kappa shape index (κ3) is 8.27. The van der Waals surface area contributed by atoms with Crippen molar-refractivity contribution in [2.75, 3.05) is 34.4 Å². The molecule has 1 unspecified atom stereocenters. The number of nitrogens with zero attached hydrogens (tertiary/aromatic N) is 1. The predicted molar refractivity (Wildman–Crippen MR) is 81.2 cm³/mol. The molecule has 0 aliphatic heterocycles. The molecule has 0 radical (unpaired) electrons. The molecule has 0 aromatic rings. The minimum absolute atomic E-state index is 0.00718. The first-order valence-electron chi connectivity index (χ1n) is 6.96. The van der Waals surface area contributed by atoms with Crippen LogP contribution in [-0.2, 0) is 14.3 Å². The number of ether oxygens (including phenoxy) is 1. The Labute approximate surface area is 126 Å². The molecule has 21 heavy (non-hydrogen) atoms. The molecular weight excluding hydrogens is 272 g/mol. The van der Waals surface area contributed by atoms with E-state index in [-0.39, 0.29) is 31.7 Å². The number of amides is 1. The summed E-state index contributed by atoms with van der Waals surface area (Å²) in [6, 6.07) is 0. The average Bonchev–Trinajstić information content (AvgIpc) is 2.40. The van der Waals surface area contributed by atoms with Crippen LogP contribution in [0.4, 0.5) is 0 Å². The number of allylic oxidation sites excluding steroid dienone is 1. The minimum Gasteiger partial charge on any atom is -0.460 e. The lowest BCUT2D eigenvalue weighted by Crippen LogP contribution is -2.55. The van der Waals surface area contributed by atoms with Gasteiger partial charge in [-0.1, -0.05) is 19.6 Å². The summed E-state index contributed by atoms with van der Waals surface area (Å²) < 4.78 is 5.28. The first kappa shape index (κ1) is 19.3. The van der Waals surface area contributed by atoms with Crippen molar-refractivity contribution in [2.45, 2.75) is 25.9 Å². The number of aliphatic hydroxyl groups excluding tert-OH is 1. The van der Waals surface area contributed by atoms with Gasteiger partial charge in [-0.2, -0.15) is 0 Å². The van der Waals surface area contributed by atoms with Gasteiger partial charge < -0.3 is 19.6 Å². The van der Waals surface area contributed by atoms with Crippen LogP contribution < -0.4 is 5.32 Å². The molecule has 0 saturated heterocycles. The Morgan fingerprint density at radius 2 is 2.00 bits per heavy atom. The Morgan fingerprint density at radius 3 is 2.48 bits per heavy atom. The van der Waals surface area contributed by atoms with Crippen molar-refractivity contribution in [2.24, 2.45) is 0 Å². The van der Waals surface area contributed by atoms with Gasteiger partial charge >= 0.3 is 5.97 Å². The standard InChI is InChI=1S/C15H26N2O4/c1-6-13(17(3,4)5)16-15(20)12(2)8-7-9-14(19)21-11-10-18/h7,9,13,18H,2,6,8,10-11H2,1,3-5H3/p+1. The van der Waals surface area contributed by atoms with Gasteiger partial charge in [0, 0.05) is 18.1 Å². The van der Waals surface area contributed by atoms with Gasteiger partial charge in [-0.15, -0.1) is 0 Å². The van der Waals surface area contributed by atoms with E-state index in [1.807, 2.05) is 28.1 Å². The Hall–Kier alpha value is -1.66. The molecule has 2 N–H and O–H groups in total. The minimum atomic E-state index is -0.546. The topological polar surface area (TPSA) is 75.6 Å². The highest BCUT2D eigenvalue weighted by Gasteiger charge is 2.23. The molecule has 0 saturated carbocycles. The summed E-state index contributed by atoms with van der Waals surface area (Å²) in [6.45, 7) is 5.48. The van der Waals surface area contributed by atoms with Crippen LogP contribution in [-0.4, -0.2) is 62.0 Å². The SMILES string of the molecule is C=C(CC=CC(=O)OCCO)C(=O)NC(CC)[N+](C)(C)C. The zero-order valence-electron chi connectivity index (χ0n) is 13.4. The molecule has 0 spiro atoms. The van der Waals surface area contributed by atoms with Gasteiger partial charge in [-0.25, -0.2) is 4.79 Å². The smallest absolute Gasteiger partial charge is 0.330 e. The van der Waals surface area contributed by atoms with Gasteiger partial charge in [0.25, 0.3) is 5.91 Å². The molecule has 0 aromatic heterocycles. The number of esters is 1. The molecule has 0 aliphatic rings. The summed E-state index contributed by atoms with van der Waals surface area (Å²) in [5.41, 5.74) is 0.383. The van der Waals surface area contributed by atoms with Crippen molar-refractivity contribution in [3.63, 3.8) is 0 Å². The second kappa shape index (κ2) is 9.31. The van der Waals surface area contributed by atoms with Crippen molar-refractivity contribution in [3.8, 4) is 0 Å². The Bertz CT molecular complexity index is 397. The van der Waals surface area contributed by atoms with Gasteiger partial charge in [0.05, 0.1) is 27.7 Å². The fraction of sp³-hybridized carbons (Fsp3) is 0.600. The summed E-state index contributed by atoms with van der Waals surface area (Å²) in [6.07, 6.45) is 3.84. The molecule has 0 bridgehead atoms. The Morgan fingerprint density at radius 1 is 1.38 bits per heavy atom. The number of hydrogen-bond donors (Lipinski definition) is 2. The van der Waals surface area contributed by atoms with Crippen LogP contribution in [0.3, 0.4) is 0 Å². The van der Waals surface area contributed by atoms with Gasteiger partial charge in [0.2, 0.25) is 0 Å². The molecule has 0 rings (SSSR count). The highest BCUT2D eigenvalue weighted by Crippen LogP contribution is 2.07. The van der Waals surface area contributed by atoms with E-state index < -0.39 is 5.97 Å². The highest BCUT2D eigenvalue weighted by molar-refractivity contribution is 5.93. The molecule has 6 nitrogen and oxygen atoms in total. The maximum absolute atomic E-state index is 12.0. The lowest BCUT2D eigenvalue weighted by molar-refractivity contribution is -0.898. The fourth-order valence-corrected chi connectivity index (χ4v) is 1.68. The number of aliphatic hydroxyl groups is 1. The second-order valence-corrected chi connectivity index (χ2v) is 5.61. The summed E-state index contributed by atoms with van der Waals surface area (Å²) in [5.74, 6) is -0.765. The van der Waals surface area contributed by atoms with E-state index in [1.54, 1.807) is 0 Å². The summed E-state index contributed by atoms with van der Waals surface area (Å²) in [4.78, 5) is 23.2. The number of nitrogens with one attached hydrogen (secondary N) is 1. The number of carbonyl (C=O) groups is 2. The maximum Gasteiger partial charge on any atom is 0.330 e. The maximum atomic E-state index is 12.0. The molecular formula is C15H27N2O4+. The third-order valence-electron chi connectivity index (χ3n) is 2.89. The Kier molecular flexibility index (Phi) is 8.57.